The first-order valence-corrected chi connectivity index (χ1v) is 6.78. The van der Waals surface area contributed by atoms with Gasteiger partial charge < -0.3 is 9.47 Å². The molecule has 0 aliphatic carbocycles. The Kier molecular flexibility index (Phi) is 7.81. The van der Waals surface area contributed by atoms with Gasteiger partial charge in [0.2, 0.25) is 0 Å². The maximum absolute atomic E-state index is 5.57. The maximum atomic E-state index is 5.57. The van der Waals surface area contributed by atoms with Gasteiger partial charge in [-0.15, -0.1) is 0 Å². The van der Waals surface area contributed by atoms with E-state index in [0.717, 1.165) is 45.4 Å². The summed E-state index contributed by atoms with van der Waals surface area (Å²) in [6, 6.07) is 0.806. The Balaban J connectivity index is 1.90. The van der Waals surface area contributed by atoms with Crippen molar-refractivity contribution >= 4 is 0 Å². The van der Waals surface area contributed by atoms with Crippen molar-refractivity contribution in [3.63, 3.8) is 0 Å². The van der Waals surface area contributed by atoms with Crippen molar-refractivity contribution in [1.82, 2.24) is 4.90 Å². The van der Waals surface area contributed by atoms with E-state index in [-0.39, 0.29) is 0 Å². The number of hydrogen-bond donors (Lipinski definition) is 0. The molecule has 1 aliphatic heterocycles. The van der Waals surface area contributed by atoms with Crippen LogP contribution < -0.4 is 0 Å². The van der Waals surface area contributed by atoms with Gasteiger partial charge in [-0.25, -0.2) is 0 Å². The lowest BCUT2D eigenvalue weighted by molar-refractivity contribution is 0.0373. The standard InChI is InChI=1S/C13H27NO2/c1-3-9-15-11-12-16-10-8-14-7-5-6-13(14)4-2/h13H,3-12H2,1-2H3/t13-/m1/s1. The second kappa shape index (κ2) is 8.97. The lowest BCUT2D eigenvalue weighted by Crippen LogP contribution is -2.32. The highest BCUT2D eigenvalue weighted by Gasteiger charge is 2.21. The minimum atomic E-state index is 0.741. The Morgan fingerprint density at radius 2 is 1.81 bits per heavy atom. The molecule has 3 nitrogen and oxygen atoms in total. The largest absolute Gasteiger partial charge is 0.379 e. The van der Waals surface area contributed by atoms with Gasteiger partial charge in [0.25, 0.3) is 0 Å². The zero-order valence-corrected chi connectivity index (χ0v) is 10.9. The van der Waals surface area contributed by atoms with Crippen molar-refractivity contribution < 1.29 is 9.47 Å². The molecule has 1 rings (SSSR count). The van der Waals surface area contributed by atoms with Gasteiger partial charge in [0, 0.05) is 19.2 Å². The third-order valence-corrected chi connectivity index (χ3v) is 3.21. The molecule has 0 saturated carbocycles. The van der Waals surface area contributed by atoms with Crippen LogP contribution in [0.3, 0.4) is 0 Å². The fourth-order valence-electron chi connectivity index (χ4n) is 2.30. The molecule has 1 heterocycles. The number of hydrogen-bond acceptors (Lipinski definition) is 3. The first kappa shape index (κ1) is 13.9. The molecule has 16 heavy (non-hydrogen) atoms. The molecule has 0 aromatic carbocycles. The number of ether oxygens (including phenoxy) is 2. The summed E-state index contributed by atoms with van der Waals surface area (Å²) in [5, 5.41) is 0. The quantitative estimate of drug-likeness (QED) is 0.566. The minimum Gasteiger partial charge on any atom is -0.379 e. The van der Waals surface area contributed by atoms with Crippen molar-refractivity contribution in [3.8, 4) is 0 Å². The predicted octanol–water partition coefficient (Wildman–Crippen LogP) is 2.30. The summed E-state index contributed by atoms with van der Waals surface area (Å²) in [4.78, 5) is 2.56. The molecule has 96 valence electrons. The molecule has 0 bridgehead atoms. The monoisotopic (exact) mass is 229 g/mol. The van der Waals surface area contributed by atoms with E-state index in [1.807, 2.05) is 0 Å². The first-order valence-electron chi connectivity index (χ1n) is 6.78. The van der Waals surface area contributed by atoms with Crippen LogP contribution in [0.25, 0.3) is 0 Å². The molecule has 0 aromatic heterocycles. The molecule has 0 N–H and O–H groups in total. The average Bonchev–Trinajstić information content (AvgIpc) is 2.75. The maximum Gasteiger partial charge on any atom is 0.0701 e. The lowest BCUT2D eigenvalue weighted by Gasteiger charge is -2.22. The van der Waals surface area contributed by atoms with Crippen LogP contribution >= 0.6 is 0 Å². The van der Waals surface area contributed by atoms with E-state index >= 15 is 0 Å². The van der Waals surface area contributed by atoms with Crippen LogP contribution in [-0.2, 0) is 9.47 Å². The fourth-order valence-corrected chi connectivity index (χ4v) is 2.30. The molecule has 1 fully saturated rings. The molecule has 0 unspecified atom stereocenters. The van der Waals surface area contributed by atoms with Gasteiger partial charge in [0.1, 0.15) is 0 Å². The highest BCUT2D eigenvalue weighted by Crippen LogP contribution is 2.18. The van der Waals surface area contributed by atoms with Gasteiger partial charge in [-0.3, -0.25) is 4.90 Å². The van der Waals surface area contributed by atoms with Crippen LogP contribution in [0.1, 0.15) is 39.5 Å². The van der Waals surface area contributed by atoms with Crippen LogP contribution in [0, 0.1) is 0 Å². The highest BCUT2D eigenvalue weighted by atomic mass is 16.5. The normalized spacial score (nSPS) is 21.8. The van der Waals surface area contributed by atoms with Crippen LogP contribution in [-0.4, -0.2) is 50.5 Å². The zero-order chi connectivity index (χ0) is 11.6. The van der Waals surface area contributed by atoms with Crippen molar-refractivity contribution in [2.75, 3.05) is 39.5 Å². The van der Waals surface area contributed by atoms with E-state index in [2.05, 4.69) is 18.7 Å². The van der Waals surface area contributed by atoms with Crippen LogP contribution in [0.5, 0.6) is 0 Å². The molecule has 1 atom stereocenters. The summed E-state index contributed by atoms with van der Waals surface area (Å²) in [5.74, 6) is 0. The summed E-state index contributed by atoms with van der Waals surface area (Å²) in [7, 11) is 0. The fraction of sp³-hybridized carbons (Fsp3) is 1.00. The summed E-state index contributed by atoms with van der Waals surface area (Å²) < 4.78 is 10.9. The third kappa shape index (κ3) is 5.28. The van der Waals surface area contributed by atoms with Crippen LogP contribution in [0.4, 0.5) is 0 Å². The van der Waals surface area contributed by atoms with E-state index in [1.165, 1.54) is 25.8 Å². The molecule has 0 aromatic rings. The Morgan fingerprint density at radius 1 is 1.06 bits per heavy atom. The Hall–Kier alpha value is -0.120. The molecule has 1 saturated heterocycles. The third-order valence-electron chi connectivity index (χ3n) is 3.21. The van der Waals surface area contributed by atoms with E-state index in [1.54, 1.807) is 0 Å². The predicted molar refractivity (Wildman–Crippen MR) is 66.8 cm³/mol. The summed E-state index contributed by atoms with van der Waals surface area (Å²) >= 11 is 0. The second-order valence-corrected chi connectivity index (χ2v) is 4.47. The van der Waals surface area contributed by atoms with Gasteiger partial charge >= 0.3 is 0 Å². The average molecular weight is 229 g/mol. The molecular formula is C13H27NO2. The molecule has 0 radical (unpaired) electrons. The van der Waals surface area contributed by atoms with E-state index in [0.29, 0.717) is 0 Å². The molecular weight excluding hydrogens is 202 g/mol. The van der Waals surface area contributed by atoms with Crippen molar-refractivity contribution in [1.29, 1.82) is 0 Å². The molecule has 0 spiro atoms. The van der Waals surface area contributed by atoms with Crippen molar-refractivity contribution in [3.05, 3.63) is 0 Å². The molecule has 3 heteroatoms. The number of nitrogens with zero attached hydrogens (tertiary/aromatic N) is 1. The summed E-state index contributed by atoms with van der Waals surface area (Å²) in [5.41, 5.74) is 0. The molecule has 0 amide bonds. The van der Waals surface area contributed by atoms with Crippen LogP contribution in [0.2, 0.25) is 0 Å². The summed E-state index contributed by atoms with van der Waals surface area (Å²) in [6.07, 6.45) is 5.10. The minimum absolute atomic E-state index is 0.741. The molecule has 1 aliphatic rings. The van der Waals surface area contributed by atoms with E-state index in [9.17, 15) is 0 Å². The SMILES string of the molecule is CCCOCCOCCN1CCC[C@H]1CC. The first-order chi connectivity index (χ1) is 7.88. The van der Waals surface area contributed by atoms with Gasteiger partial charge in [-0.2, -0.15) is 0 Å². The smallest absolute Gasteiger partial charge is 0.0701 e. The van der Waals surface area contributed by atoms with Crippen LogP contribution in [0.15, 0.2) is 0 Å². The second-order valence-electron chi connectivity index (χ2n) is 4.47. The zero-order valence-electron chi connectivity index (χ0n) is 10.9. The van der Waals surface area contributed by atoms with E-state index < -0.39 is 0 Å². The van der Waals surface area contributed by atoms with Gasteiger partial charge in [0.15, 0.2) is 0 Å². The van der Waals surface area contributed by atoms with Crippen molar-refractivity contribution in [2.45, 2.75) is 45.6 Å². The lowest BCUT2D eigenvalue weighted by atomic mass is 10.2. The number of likely N-dealkylation sites (tertiary alicyclic amines) is 1. The van der Waals surface area contributed by atoms with E-state index in [4.69, 9.17) is 9.47 Å². The van der Waals surface area contributed by atoms with Crippen molar-refractivity contribution in [2.24, 2.45) is 0 Å². The van der Waals surface area contributed by atoms with Gasteiger partial charge in [-0.05, 0) is 32.2 Å². The Morgan fingerprint density at radius 3 is 2.50 bits per heavy atom. The highest BCUT2D eigenvalue weighted by molar-refractivity contribution is 4.77. The topological polar surface area (TPSA) is 21.7 Å². The van der Waals surface area contributed by atoms with Gasteiger partial charge in [0.05, 0.1) is 19.8 Å². The Labute approximate surface area is 100 Å². The van der Waals surface area contributed by atoms with Gasteiger partial charge in [-0.1, -0.05) is 13.8 Å². The Bertz CT molecular complexity index is 164. The number of rotatable bonds is 9. The summed E-state index contributed by atoms with van der Waals surface area (Å²) in [6.45, 7) is 9.94.